The Hall–Kier alpha value is -3.49. The Labute approximate surface area is 165 Å². The molecule has 0 saturated carbocycles. The molecule has 0 saturated heterocycles. The second kappa shape index (κ2) is 8.94. The van der Waals surface area contributed by atoms with Crippen LogP contribution in [0.1, 0.15) is 12.8 Å². The minimum absolute atomic E-state index is 0.169. The molecule has 8 heteroatoms. The van der Waals surface area contributed by atoms with Crippen molar-refractivity contribution in [3.63, 3.8) is 0 Å². The number of nitriles is 2. The van der Waals surface area contributed by atoms with Crippen LogP contribution in [0, 0.1) is 22.7 Å². The number of rotatable bonds is 7. The summed E-state index contributed by atoms with van der Waals surface area (Å²) in [6, 6.07) is 15.6. The van der Waals surface area contributed by atoms with Gasteiger partial charge in [-0.05, 0) is 11.6 Å². The molecule has 0 aliphatic carbocycles. The van der Waals surface area contributed by atoms with Crippen LogP contribution in [0.25, 0.3) is 20.7 Å². The molecule has 0 radical (unpaired) electrons. The molecule has 0 atom stereocenters. The van der Waals surface area contributed by atoms with Gasteiger partial charge in [0.2, 0.25) is 5.91 Å². The highest BCUT2D eigenvalue weighted by molar-refractivity contribution is 7.22. The number of fused-ring (bicyclic) bond motifs is 1. The molecular formula is C20H17N5O2S. The molecule has 2 aromatic heterocycles. The summed E-state index contributed by atoms with van der Waals surface area (Å²) in [6.45, 7) is 0.300. The molecule has 3 aromatic rings. The molecular weight excluding hydrogens is 374 g/mol. The number of carbonyl (C=O) groups is 1. The van der Waals surface area contributed by atoms with Crippen molar-refractivity contribution in [3.05, 3.63) is 53.1 Å². The first-order valence-corrected chi connectivity index (χ1v) is 9.51. The quantitative estimate of drug-likeness (QED) is 0.616. The minimum Gasteiger partial charge on any atom is -0.339 e. The maximum Gasteiger partial charge on any atom is 0.271 e. The zero-order valence-electron chi connectivity index (χ0n) is 15.0. The van der Waals surface area contributed by atoms with Crippen molar-refractivity contribution >= 4 is 27.5 Å². The number of carbonyl (C=O) groups excluding carboxylic acids is 1. The second-order valence-corrected chi connectivity index (χ2v) is 7.12. The van der Waals surface area contributed by atoms with Crippen molar-refractivity contribution in [1.29, 1.82) is 10.5 Å². The average Bonchev–Trinajstić information content (AvgIpc) is 3.16. The van der Waals surface area contributed by atoms with Crippen molar-refractivity contribution in [2.75, 3.05) is 13.1 Å². The molecule has 0 aliphatic rings. The Balaban J connectivity index is 1.86. The fourth-order valence-corrected chi connectivity index (χ4v) is 3.84. The summed E-state index contributed by atoms with van der Waals surface area (Å²) in [7, 11) is 0. The van der Waals surface area contributed by atoms with Gasteiger partial charge < -0.3 is 4.90 Å². The lowest BCUT2D eigenvalue weighted by molar-refractivity contribution is -0.131. The largest absolute Gasteiger partial charge is 0.339 e. The normalized spacial score (nSPS) is 10.4. The van der Waals surface area contributed by atoms with E-state index in [1.807, 2.05) is 48.5 Å². The summed E-state index contributed by atoms with van der Waals surface area (Å²) >= 11 is 1.35. The lowest BCUT2D eigenvalue weighted by Gasteiger charge is -2.20. The molecule has 7 nitrogen and oxygen atoms in total. The van der Waals surface area contributed by atoms with Crippen LogP contribution < -0.4 is 5.56 Å². The van der Waals surface area contributed by atoms with E-state index >= 15 is 0 Å². The lowest BCUT2D eigenvalue weighted by Crippen LogP contribution is -2.37. The molecule has 0 unspecified atom stereocenters. The van der Waals surface area contributed by atoms with Gasteiger partial charge in [-0.1, -0.05) is 30.3 Å². The SMILES string of the molecule is N#CCCN(CCC#N)C(=O)Cn1cnc2cc(-c3ccccc3)sc2c1=O. The van der Waals surface area contributed by atoms with E-state index in [0.29, 0.717) is 10.2 Å². The highest BCUT2D eigenvalue weighted by Crippen LogP contribution is 2.30. The van der Waals surface area contributed by atoms with Crippen LogP contribution in [0.5, 0.6) is 0 Å². The molecule has 0 fully saturated rings. The number of thiophene rings is 1. The van der Waals surface area contributed by atoms with Crippen molar-refractivity contribution in [2.24, 2.45) is 0 Å². The van der Waals surface area contributed by atoms with E-state index in [1.54, 1.807) is 0 Å². The zero-order chi connectivity index (χ0) is 19.9. The fraction of sp³-hybridized carbons (Fsp3) is 0.250. The Morgan fingerprint density at radius 2 is 1.82 bits per heavy atom. The van der Waals surface area contributed by atoms with Gasteiger partial charge in [0, 0.05) is 18.0 Å². The monoisotopic (exact) mass is 391 g/mol. The van der Waals surface area contributed by atoms with Crippen LogP contribution in [-0.4, -0.2) is 33.4 Å². The van der Waals surface area contributed by atoms with E-state index in [0.717, 1.165) is 10.4 Å². The van der Waals surface area contributed by atoms with E-state index in [2.05, 4.69) is 4.98 Å². The summed E-state index contributed by atoms with van der Waals surface area (Å²) in [6.07, 6.45) is 1.72. The first kappa shape index (κ1) is 19.3. The van der Waals surface area contributed by atoms with E-state index in [4.69, 9.17) is 10.5 Å². The van der Waals surface area contributed by atoms with Crippen LogP contribution in [0.3, 0.4) is 0 Å². The van der Waals surface area contributed by atoms with Gasteiger partial charge in [-0.15, -0.1) is 11.3 Å². The molecule has 0 N–H and O–H groups in total. The molecule has 2 heterocycles. The predicted octanol–water partition coefficient (Wildman–Crippen LogP) is 2.78. The van der Waals surface area contributed by atoms with Gasteiger partial charge in [-0.2, -0.15) is 10.5 Å². The van der Waals surface area contributed by atoms with E-state index in [1.165, 1.54) is 27.1 Å². The predicted molar refractivity (Wildman–Crippen MR) is 106 cm³/mol. The van der Waals surface area contributed by atoms with Gasteiger partial charge in [0.15, 0.2) is 0 Å². The van der Waals surface area contributed by atoms with Crippen LogP contribution >= 0.6 is 11.3 Å². The molecule has 1 aromatic carbocycles. The summed E-state index contributed by atoms with van der Waals surface area (Å²) in [5.41, 5.74) is 1.33. The third-order valence-electron chi connectivity index (χ3n) is 4.21. The summed E-state index contributed by atoms with van der Waals surface area (Å²) < 4.78 is 1.77. The number of benzene rings is 1. The smallest absolute Gasteiger partial charge is 0.271 e. The third-order valence-corrected chi connectivity index (χ3v) is 5.37. The van der Waals surface area contributed by atoms with Gasteiger partial charge in [0.1, 0.15) is 11.2 Å². The molecule has 140 valence electrons. The van der Waals surface area contributed by atoms with Gasteiger partial charge in [-0.3, -0.25) is 14.2 Å². The van der Waals surface area contributed by atoms with E-state index < -0.39 is 0 Å². The topological polar surface area (TPSA) is 103 Å². The summed E-state index contributed by atoms with van der Waals surface area (Å²) in [5.74, 6) is -0.311. The number of aromatic nitrogens is 2. The maximum absolute atomic E-state index is 12.8. The van der Waals surface area contributed by atoms with Crippen LogP contribution in [0.2, 0.25) is 0 Å². The van der Waals surface area contributed by atoms with E-state index in [9.17, 15) is 9.59 Å². The van der Waals surface area contributed by atoms with Crippen molar-refractivity contribution < 1.29 is 4.79 Å². The lowest BCUT2D eigenvalue weighted by atomic mass is 10.2. The van der Waals surface area contributed by atoms with Crippen LogP contribution in [0.4, 0.5) is 0 Å². The zero-order valence-corrected chi connectivity index (χ0v) is 15.9. The molecule has 3 rings (SSSR count). The first-order valence-electron chi connectivity index (χ1n) is 8.70. The van der Waals surface area contributed by atoms with Gasteiger partial charge >= 0.3 is 0 Å². The molecule has 0 bridgehead atoms. The molecule has 1 amide bonds. The molecule has 0 aliphatic heterocycles. The fourth-order valence-electron chi connectivity index (χ4n) is 2.78. The molecule has 0 spiro atoms. The number of hydrogen-bond acceptors (Lipinski definition) is 6. The first-order chi connectivity index (χ1) is 13.6. The Morgan fingerprint density at radius 3 is 2.46 bits per heavy atom. The van der Waals surface area contributed by atoms with Crippen LogP contribution in [0.15, 0.2) is 47.5 Å². The minimum atomic E-state index is -0.311. The van der Waals surface area contributed by atoms with Gasteiger partial charge in [0.05, 0.1) is 36.8 Å². The Bertz CT molecular complexity index is 1100. The molecule has 28 heavy (non-hydrogen) atoms. The van der Waals surface area contributed by atoms with Gasteiger partial charge in [-0.25, -0.2) is 4.98 Å². The summed E-state index contributed by atoms with van der Waals surface area (Å²) in [4.78, 5) is 32.1. The van der Waals surface area contributed by atoms with Crippen molar-refractivity contribution in [1.82, 2.24) is 14.5 Å². The van der Waals surface area contributed by atoms with Crippen molar-refractivity contribution in [2.45, 2.75) is 19.4 Å². The van der Waals surface area contributed by atoms with Gasteiger partial charge in [0.25, 0.3) is 5.56 Å². The average molecular weight is 391 g/mol. The second-order valence-electron chi connectivity index (χ2n) is 6.07. The van der Waals surface area contributed by atoms with E-state index in [-0.39, 0.29) is 43.9 Å². The highest BCUT2D eigenvalue weighted by atomic mass is 32.1. The third kappa shape index (κ3) is 4.25. The Morgan fingerprint density at radius 1 is 1.14 bits per heavy atom. The number of hydrogen-bond donors (Lipinski definition) is 0. The Kier molecular flexibility index (Phi) is 6.15. The maximum atomic E-state index is 12.8. The number of amides is 1. The highest BCUT2D eigenvalue weighted by Gasteiger charge is 2.16. The number of nitrogens with zero attached hydrogens (tertiary/aromatic N) is 5. The van der Waals surface area contributed by atoms with Crippen molar-refractivity contribution in [3.8, 4) is 22.6 Å². The summed E-state index contributed by atoms with van der Waals surface area (Å²) in [5, 5.41) is 17.5. The standard InChI is InChI=1S/C20H17N5O2S/c21-8-4-10-24(11-5-9-22)18(26)13-25-14-23-16-12-17(28-19(16)20(25)27)15-6-2-1-3-7-15/h1-3,6-7,12,14H,4-5,10-11,13H2. The van der Waals surface area contributed by atoms with Crippen LogP contribution in [-0.2, 0) is 11.3 Å².